The largest absolute Gasteiger partial charge is 0.452 e. The van der Waals surface area contributed by atoms with Crippen LogP contribution in [0.4, 0.5) is 0 Å². The zero-order valence-electron chi connectivity index (χ0n) is 11.5. The Morgan fingerprint density at radius 3 is 2.62 bits per heavy atom. The second-order valence-electron chi connectivity index (χ2n) is 5.00. The lowest BCUT2D eigenvalue weighted by Crippen LogP contribution is -2.00. The van der Waals surface area contributed by atoms with Crippen LogP contribution in [0.5, 0.6) is 5.75 Å². The second-order valence-corrected chi connectivity index (χ2v) is 5.81. The number of hydrogen-bond donors (Lipinski definition) is 0. The minimum absolute atomic E-state index is 0.149. The molecule has 0 aliphatic carbocycles. The summed E-state index contributed by atoms with van der Waals surface area (Å²) in [7, 11) is 0. The summed E-state index contributed by atoms with van der Waals surface area (Å²) in [5.74, 6) is 0.703. The van der Waals surface area contributed by atoms with Crippen molar-refractivity contribution in [2.45, 2.75) is 13.8 Å². The van der Waals surface area contributed by atoms with Gasteiger partial charge in [0.2, 0.25) is 5.78 Å². The van der Waals surface area contributed by atoms with Crippen LogP contribution < -0.4 is 4.74 Å². The number of hydrogen-bond acceptors (Lipinski definition) is 2. The average molecular weight is 319 g/mol. The van der Waals surface area contributed by atoms with Crippen LogP contribution >= 0.6 is 23.2 Å². The van der Waals surface area contributed by atoms with Crippen molar-refractivity contribution < 1.29 is 9.53 Å². The highest BCUT2D eigenvalue weighted by molar-refractivity contribution is 6.33. The third-order valence-corrected chi connectivity index (χ3v) is 4.28. The predicted molar refractivity (Wildman–Crippen MR) is 85.3 cm³/mol. The van der Waals surface area contributed by atoms with Gasteiger partial charge in [0.1, 0.15) is 5.75 Å². The average Bonchev–Trinajstić information content (AvgIpc) is 2.73. The van der Waals surface area contributed by atoms with Gasteiger partial charge in [0.05, 0.1) is 5.56 Å². The summed E-state index contributed by atoms with van der Waals surface area (Å²) >= 11 is 12.2. The van der Waals surface area contributed by atoms with E-state index in [1.165, 1.54) is 0 Å². The molecule has 1 aliphatic rings. The number of halogens is 2. The Balaban J connectivity index is 2.07. The maximum atomic E-state index is 12.5. The van der Waals surface area contributed by atoms with E-state index in [2.05, 4.69) is 0 Å². The highest BCUT2D eigenvalue weighted by Gasteiger charge is 2.30. The molecule has 0 unspecified atom stereocenters. The Kier molecular flexibility index (Phi) is 3.52. The molecule has 2 aromatic rings. The van der Waals surface area contributed by atoms with Crippen LogP contribution in [-0.4, -0.2) is 5.78 Å². The topological polar surface area (TPSA) is 26.3 Å². The number of ether oxygens (including phenoxy) is 1. The summed E-state index contributed by atoms with van der Waals surface area (Å²) in [4.78, 5) is 12.5. The monoisotopic (exact) mass is 318 g/mol. The molecule has 0 fully saturated rings. The molecule has 106 valence electrons. The van der Waals surface area contributed by atoms with E-state index >= 15 is 0 Å². The van der Waals surface area contributed by atoms with Crippen molar-refractivity contribution in [2.24, 2.45) is 0 Å². The predicted octanol–water partition coefficient (Wildman–Crippen LogP) is 5.23. The van der Waals surface area contributed by atoms with Crippen molar-refractivity contribution >= 4 is 35.1 Å². The molecule has 0 aromatic heterocycles. The van der Waals surface area contributed by atoms with E-state index in [4.69, 9.17) is 27.9 Å². The highest BCUT2D eigenvalue weighted by Crippen LogP contribution is 2.39. The van der Waals surface area contributed by atoms with E-state index in [1.807, 2.05) is 26.0 Å². The van der Waals surface area contributed by atoms with E-state index in [9.17, 15) is 4.79 Å². The van der Waals surface area contributed by atoms with Gasteiger partial charge in [0.25, 0.3) is 0 Å². The number of fused-ring (bicyclic) bond motifs is 1. The molecule has 2 nitrogen and oxygen atoms in total. The molecule has 0 spiro atoms. The van der Waals surface area contributed by atoms with Crippen molar-refractivity contribution in [1.29, 1.82) is 0 Å². The Bertz CT molecular complexity index is 792. The van der Waals surface area contributed by atoms with Crippen molar-refractivity contribution in [1.82, 2.24) is 0 Å². The SMILES string of the molecule is Cc1cc2c(c(C)c1Cl)C(=O)/C(=C/c1cccc(Cl)c1)O2. The first kappa shape index (κ1) is 14.2. The third kappa shape index (κ3) is 2.45. The molecule has 1 heterocycles. The van der Waals surface area contributed by atoms with Crippen LogP contribution in [0.3, 0.4) is 0 Å². The van der Waals surface area contributed by atoms with Gasteiger partial charge >= 0.3 is 0 Å². The van der Waals surface area contributed by atoms with Crippen molar-refractivity contribution in [3.8, 4) is 5.75 Å². The van der Waals surface area contributed by atoms with Crippen LogP contribution in [0, 0.1) is 13.8 Å². The fourth-order valence-corrected chi connectivity index (χ4v) is 2.76. The van der Waals surface area contributed by atoms with Crippen LogP contribution in [0.15, 0.2) is 36.1 Å². The maximum absolute atomic E-state index is 12.5. The van der Waals surface area contributed by atoms with Gasteiger partial charge in [0, 0.05) is 10.0 Å². The number of aryl methyl sites for hydroxylation is 1. The Labute approximate surface area is 132 Å². The quantitative estimate of drug-likeness (QED) is 0.673. The van der Waals surface area contributed by atoms with Gasteiger partial charge < -0.3 is 4.74 Å². The molecule has 3 rings (SSSR count). The van der Waals surface area contributed by atoms with Crippen LogP contribution in [0.2, 0.25) is 10.0 Å². The normalized spacial score (nSPS) is 15.2. The number of carbonyl (C=O) groups excluding carboxylic acids is 1. The molecular weight excluding hydrogens is 307 g/mol. The Morgan fingerprint density at radius 2 is 1.90 bits per heavy atom. The van der Waals surface area contributed by atoms with Crippen LogP contribution in [-0.2, 0) is 0 Å². The van der Waals surface area contributed by atoms with Gasteiger partial charge in [-0.15, -0.1) is 0 Å². The summed E-state index contributed by atoms with van der Waals surface area (Å²) in [5.41, 5.74) is 3.01. The summed E-state index contributed by atoms with van der Waals surface area (Å²) in [6, 6.07) is 9.04. The molecule has 0 bridgehead atoms. The Morgan fingerprint density at radius 1 is 1.14 bits per heavy atom. The fraction of sp³-hybridized carbons (Fsp3) is 0.118. The second kappa shape index (κ2) is 5.21. The minimum atomic E-state index is -0.149. The lowest BCUT2D eigenvalue weighted by atomic mass is 10.0. The molecule has 2 aromatic carbocycles. The molecule has 21 heavy (non-hydrogen) atoms. The van der Waals surface area contributed by atoms with Crippen LogP contribution in [0.1, 0.15) is 27.0 Å². The lowest BCUT2D eigenvalue weighted by Gasteiger charge is -2.05. The molecule has 1 aliphatic heterocycles. The van der Waals surface area contributed by atoms with Crippen molar-refractivity contribution in [3.63, 3.8) is 0 Å². The number of carbonyl (C=O) groups is 1. The molecule has 0 radical (unpaired) electrons. The summed E-state index contributed by atoms with van der Waals surface area (Å²) in [5, 5.41) is 1.22. The third-order valence-electron chi connectivity index (χ3n) is 3.46. The summed E-state index contributed by atoms with van der Waals surface area (Å²) in [6.07, 6.45) is 1.69. The molecule has 0 atom stereocenters. The fourth-order valence-electron chi connectivity index (χ4n) is 2.42. The number of allylic oxidation sites excluding steroid dienone is 1. The molecule has 0 saturated carbocycles. The summed E-state index contributed by atoms with van der Waals surface area (Å²) < 4.78 is 5.69. The first-order valence-corrected chi connectivity index (χ1v) is 7.22. The zero-order chi connectivity index (χ0) is 15.1. The van der Waals surface area contributed by atoms with Gasteiger partial charge in [0.15, 0.2) is 5.76 Å². The molecule has 0 amide bonds. The van der Waals surface area contributed by atoms with Gasteiger partial charge in [-0.2, -0.15) is 0 Å². The van der Waals surface area contributed by atoms with Crippen molar-refractivity contribution in [2.75, 3.05) is 0 Å². The van der Waals surface area contributed by atoms with Crippen molar-refractivity contribution in [3.05, 3.63) is 68.4 Å². The maximum Gasteiger partial charge on any atom is 0.232 e. The smallest absolute Gasteiger partial charge is 0.232 e. The minimum Gasteiger partial charge on any atom is -0.452 e. The van der Waals surface area contributed by atoms with E-state index in [1.54, 1.807) is 24.3 Å². The van der Waals surface area contributed by atoms with Gasteiger partial charge in [-0.3, -0.25) is 4.79 Å². The number of rotatable bonds is 1. The lowest BCUT2D eigenvalue weighted by molar-refractivity contribution is 0.101. The molecule has 0 N–H and O–H groups in total. The Hall–Kier alpha value is -1.77. The standard InChI is InChI=1S/C17H12Cl2O2/c1-9-6-13-15(10(2)16(9)19)17(20)14(21-13)8-11-4-3-5-12(18)7-11/h3-8H,1-2H3/b14-8-. The number of ketones is 1. The van der Waals surface area contributed by atoms with E-state index in [-0.39, 0.29) is 11.5 Å². The highest BCUT2D eigenvalue weighted by atomic mass is 35.5. The number of benzene rings is 2. The first-order valence-electron chi connectivity index (χ1n) is 6.47. The molecular formula is C17H12Cl2O2. The van der Waals surface area contributed by atoms with Crippen LogP contribution in [0.25, 0.3) is 6.08 Å². The van der Waals surface area contributed by atoms with Gasteiger partial charge in [-0.05, 0) is 54.8 Å². The zero-order valence-corrected chi connectivity index (χ0v) is 13.0. The first-order chi connectivity index (χ1) is 9.97. The molecule has 0 saturated heterocycles. The summed E-state index contributed by atoms with van der Waals surface area (Å²) in [6.45, 7) is 3.72. The van der Waals surface area contributed by atoms with E-state index < -0.39 is 0 Å². The van der Waals surface area contributed by atoms with E-state index in [0.29, 0.717) is 21.4 Å². The molecule has 4 heteroatoms. The van der Waals surface area contributed by atoms with Gasteiger partial charge in [-0.1, -0.05) is 35.3 Å². The van der Waals surface area contributed by atoms with E-state index in [0.717, 1.165) is 16.7 Å². The number of Topliss-reactive ketones (excluding diaryl/α,β-unsaturated/α-hetero) is 1. The van der Waals surface area contributed by atoms with Gasteiger partial charge in [-0.25, -0.2) is 0 Å².